The number of hydrogen-bond acceptors (Lipinski definition) is 4. The first-order valence-electron chi connectivity index (χ1n) is 12.2. The van der Waals surface area contributed by atoms with Gasteiger partial charge in [0.05, 0.1) is 5.69 Å². The van der Waals surface area contributed by atoms with Gasteiger partial charge < -0.3 is 14.5 Å². The lowest BCUT2D eigenvalue weighted by Gasteiger charge is -2.35. The third kappa shape index (κ3) is 5.24. The van der Waals surface area contributed by atoms with Crippen molar-refractivity contribution in [2.45, 2.75) is 33.1 Å². The predicted octanol–water partition coefficient (Wildman–Crippen LogP) is 3.38. The third-order valence-electron chi connectivity index (χ3n) is 6.83. The molecule has 0 atom stereocenters. The van der Waals surface area contributed by atoms with Gasteiger partial charge in [0.25, 0.3) is 11.8 Å². The molecule has 0 saturated carbocycles. The SMILES string of the molecule is CCN(CC)C(=O)c1ccc2c(c1)N(CC(=O)N1CCC(Cc3ccccc3)CC1)C(=O)CO2. The number of likely N-dealkylation sites (tertiary alicyclic amines) is 1. The quantitative estimate of drug-likeness (QED) is 0.631. The van der Waals surface area contributed by atoms with Gasteiger partial charge in [0, 0.05) is 31.7 Å². The number of carbonyl (C=O) groups is 3. The van der Waals surface area contributed by atoms with E-state index < -0.39 is 0 Å². The summed E-state index contributed by atoms with van der Waals surface area (Å²) in [6.07, 6.45) is 2.94. The highest BCUT2D eigenvalue weighted by Crippen LogP contribution is 2.33. The van der Waals surface area contributed by atoms with Gasteiger partial charge in [0.2, 0.25) is 5.91 Å². The van der Waals surface area contributed by atoms with Crippen LogP contribution in [-0.4, -0.2) is 66.9 Å². The van der Waals surface area contributed by atoms with Gasteiger partial charge in [0.1, 0.15) is 12.3 Å². The van der Waals surface area contributed by atoms with Crippen molar-refractivity contribution in [2.75, 3.05) is 44.2 Å². The van der Waals surface area contributed by atoms with Crippen LogP contribution in [0.5, 0.6) is 5.75 Å². The second-order valence-corrected chi connectivity index (χ2v) is 8.94. The number of rotatable bonds is 7. The molecule has 2 heterocycles. The van der Waals surface area contributed by atoms with Crippen LogP contribution in [0.15, 0.2) is 48.5 Å². The number of ether oxygens (including phenoxy) is 1. The maximum Gasteiger partial charge on any atom is 0.265 e. The molecular formula is C27H33N3O4. The summed E-state index contributed by atoms with van der Waals surface area (Å²) in [5.41, 5.74) is 2.30. The molecule has 1 fully saturated rings. The van der Waals surface area contributed by atoms with Crippen molar-refractivity contribution >= 4 is 23.4 Å². The van der Waals surface area contributed by atoms with E-state index in [1.54, 1.807) is 23.1 Å². The van der Waals surface area contributed by atoms with E-state index in [4.69, 9.17) is 4.74 Å². The Bertz CT molecular complexity index is 1030. The van der Waals surface area contributed by atoms with Gasteiger partial charge in [0.15, 0.2) is 6.61 Å². The highest BCUT2D eigenvalue weighted by molar-refractivity contribution is 6.04. The van der Waals surface area contributed by atoms with Crippen molar-refractivity contribution in [1.82, 2.24) is 9.80 Å². The molecule has 0 N–H and O–H groups in total. The standard InChI is InChI=1S/C27H33N3O4/c1-3-28(4-2)27(33)22-10-11-24-23(17-22)30(26(32)19-34-24)18-25(31)29-14-12-21(13-15-29)16-20-8-6-5-7-9-20/h5-11,17,21H,3-4,12-16,18-19H2,1-2H3. The van der Waals surface area contributed by atoms with Crippen molar-refractivity contribution < 1.29 is 19.1 Å². The zero-order valence-corrected chi connectivity index (χ0v) is 20.0. The van der Waals surface area contributed by atoms with Crippen LogP contribution in [0.2, 0.25) is 0 Å². The number of hydrogen-bond donors (Lipinski definition) is 0. The molecule has 34 heavy (non-hydrogen) atoms. The Hall–Kier alpha value is -3.35. The van der Waals surface area contributed by atoms with Crippen LogP contribution in [-0.2, 0) is 16.0 Å². The van der Waals surface area contributed by atoms with Crippen LogP contribution in [0.1, 0.15) is 42.6 Å². The average molecular weight is 464 g/mol. The Kier molecular flexibility index (Phi) is 7.50. The molecule has 1 saturated heterocycles. The fraction of sp³-hybridized carbons (Fsp3) is 0.444. The van der Waals surface area contributed by atoms with Crippen LogP contribution in [0.25, 0.3) is 0 Å². The number of fused-ring (bicyclic) bond motifs is 1. The van der Waals surface area contributed by atoms with Gasteiger partial charge in [-0.25, -0.2) is 0 Å². The molecule has 0 aliphatic carbocycles. The molecule has 0 spiro atoms. The third-order valence-corrected chi connectivity index (χ3v) is 6.83. The highest BCUT2D eigenvalue weighted by atomic mass is 16.5. The van der Waals surface area contributed by atoms with E-state index in [-0.39, 0.29) is 30.9 Å². The summed E-state index contributed by atoms with van der Waals surface area (Å²) in [7, 11) is 0. The molecule has 0 aromatic heterocycles. The summed E-state index contributed by atoms with van der Waals surface area (Å²) in [5, 5.41) is 0. The van der Waals surface area contributed by atoms with Crippen LogP contribution in [0.4, 0.5) is 5.69 Å². The van der Waals surface area contributed by atoms with Crippen molar-refractivity contribution in [3.8, 4) is 5.75 Å². The van der Waals surface area contributed by atoms with Crippen LogP contribution in [0, 0.1) is 5.92 Å². The van der Waals surface area contributed by atoms with Gasteiger partial charge in [-0.1, -0.05) is 30.3 Å². The summed E-state index contributed by atoms with van der Waals surface area (Å²) in [6, 6.07) is 15.6. The van der Waals surface area contributed by atoms with Crippen molar-refractivity contribution in [2.24, 2.45) is 5.92 Å². The molecule has 2 aliphatic heterocycles. The average Bonchev–Trinajstić information content (AvgIpc) is 2.87. The molecule has 2 aromatic carbocycles. The molecular weight excluding hydrogens is 430 g/mol. The Labute approximate surface area is 201 Å². The molecule has 0 unspecified atom stereocenters. The monoisotopic (exact) mass is 463 g/mol. The Morgan fingerprint density at radius 1 is 1.03 bits per heavy atom. The second kappa shape index (κ2) is 10.7. The van der Waals surface area contributed by atoms with Crippen molar-refractivity contribution in [3.05, 3.63) is 59.7 Å². The Morgan fingerprint density at radius 2 is 1.74 bits per heavy atom. The Morgan fingerprint density at radius 3 is 2.41 bits per heavy atom. The normalized spacial score (nSPS) is 16.1. The van der Waals surface area contributed by atoms with E-state index in [1.807, 2.05) is 24.8 Å². The van der Waals surface area contributed by atoms with Gasteiger partial charge in [-0.2, -0.15) is 0 Å². The summed E-state index contributed by atoms with van der Waals surface area (Å²) < 4.78 is 5.57. The molecule has 2 aliphatic rings. The summed E-state index contributed by atoms with van der Waals surface area (Å²) in [5.74, 6) is 0.639. The Balaban J connectivity index is 1.42. The molecule has 3 amide bonds. The van der Waals surface area contributed by atoms with Gasteiger partial charge >= 0.3 is 0 Å². The number of benzene rings is 2. The van der Waals surface area contributed by atoms with Gasteiger partial charge in [-0.15, -0.1) is 0 Å². The summed E-state index contributed by atoms with van der Waals surface area (Å²) in [6.45, 7) is 6.31. The zero-order valence-electron chi connectivity index (χ0n) is 20.0. The van der Waals surface area contributed by atoms with E-state index >= 15 is 0 Å². The van der Waals surface area contributed by atoms with Crippen molar-refractivity contribution in [3.63, 3.8) is 0 Å². The van der Waals surface area contributed by atoms with Gasteiger partial charge in [-0.3, -0.25) is 19.3 Å². The lowest BCUT2D eigenvalue weighted by atomic mass is 9.90. The first-order valence-corrected chi connectivity index (χ1v) is 12.2. The second-order valence-electron chi connectivity index (χ2n) is 8.94. The molecule has 0 bridgehead atoms. The first kappa shape index (κ1) is 23.8. The van der Waals surface area contributed by atoms with E-state index in [0.717, 1.165) is 19.3 Å². The molecule has 7 nitrogen and oxygen atoms in total. The smallest absolute Gasteiger partial charge is 0.265 e. The van der Waals surface area contributed by atoms with E-state index in [0.29, 0.717) is 49.1 Å². The number of amides is 3. The minimum Gasteiger partial charge on any atom is -0.482 e. The number of piperidine rings is 1. The van der Waals surface area contributed by atoms with E-state index in [2.05, 4.69) is 24.3 Å². The molecule has 2 aromatic rings. The number of nitrogens with zero attached hydrogens (tertiary/aromatic N) is 3. The van der Waals surface area contributed by atoms with Crippen LogP contribution in [0.3, 0.4) is 0 Å². The number of carbonyl (C=O) groups excluding carboxylic acids is 3. The number of anilines is 1. The molecule has 4 rings (SSSR count). The molecule has 180 valence electrons. The predicted molar refractivity (Wildman–Crippen MR) is 131 cm³/mol. The van der Waals surface area contributed by atoms with E-state index in [9.17, 15) is 14.4 Å². The molecule has 7 heteroatoms. The van der Waals surface area contributed by atoms with E-state index in [1.165, 1.54) is 10.5 Å². The van der Waals surface area contributed by atoms with Crippen molar-refractivity contribution in [1.29, 1.82) is 0 Å². The summed E-state index contributed by atoms with van der Waals surface area (Å²) >= 11 is 0. The summed E-state index contributed by atoms with van der Waals surface area (Å²) in [4.78, 5) is 43.7. The minimum absolute atomic E-state index is 0.0402. The lowest BCUT2D eigenvalue weighted by Crippen LogP contribution is -2.48. The highest BCUT2D eigenvalue weighted by Gasteiger charge is 2.31. The zero-order chi connectivity index (χ0) is 24.1. The maximum atomic E-state index is 13.1. The lowest BCUT2D eigenvalue weighted by molar-refractivity contribution is -0.133. The topological polar surface area (TPSA) is 70.2 Å². The minimum atomic E-state index is -0.271. The fourth-order valence-corrected chi connectivity index (χ4v) is 4.77. The molecule has 0 radical (unpaired) electrons. The maximum absolute atomic E-state index is 13.1. The fourth-order valence-electron chi connectivity index (χ4n) is 4.77. The van der Waals surface area contributed by atoms with Crippen LogP contribution >= 0.6 is 0 Å². The van der Waals surface area contributed by atoms with Gasteiger partial charge in [-0.05, 0) is 62.8 Å². The first-order chi connectivity index (χ1) is 16.5. The largest absolute Gasteiger partial charge is 0.482 e. The van der Waals surface area contributed by atoms with Crippen LogP contribution < -0.4 is 9.64 Å².